The lowest BCUT2D eigenvalue weighted by atomic mass is 9.94. The van der Waals surface area contributed by atoms with Gasteiger partial charge < -0.3 is 5.32 Å². The van der Waals surface area contributed by atoms with E-state index in [1.807, 2.05) is 6.07 Å². The number of fused-ring (bicyclic) bond motifs is 1. The van der Waals surface area contributed by atoms with E-state index in [-0.39, 0.29) is 11.9 Å². The third kappa shape index (κ3) is 2.73. The molecule has 0 fully saturated rings. The maximum atomic E-state index is 13.8. The number of anilines is 1. The highest BCUT2D eigenvalue weighted by molar-refractivity contribution is 7.16. The first-order valence-corrected chi connectivity index (χ1v) is 7.70. The first-order chi connectivity index (χ1) is 9.13. The van der Waals surface area contributed by atoms with Crippen molar-refractivity contribution >= 4 is 40.2 Å². The molecule has 5 heteroatoms. The molecule has 3 rings (SSSR count). The Labute approximate surface area is 125 Å². The summed E-state index contributed by atoms with van der Waals surface area (Å²) in [7, 11) is 0. The van der Waals surface area contributed by atoms with Gasteiger partial charge in [-0.05, 0) is 49.1 Å². The molecule has 0 amide bonds. The van der Waals surface area contributed by atoms with E-state index < -0.39 is 0 Å². The number of hydrogen-bond acceptors (Lipinski definition) is 2. The Balaban J connectivity index is 1.90. The van der Waals surface area contributed by atoms with Crippen molar-refractivity contribution in [3.8, 4) is 0 Å². The summed E-state index contributed by atoms with van der Waals surface area (Å²) < 4.78 is 14.6. The zero-order valence-corrected chi connectivity index (χ0v) is 12.4. The van der Waals surface area contributed by atoms with Crippen molar-refractivity contribution in [3.63, 3.8) is 0 Å². The summed E-state index contributed by atoms with van der Waals surface area (Å²) >= 11 is 13.6. The molecule has 100 valence electrons. The summed E-state index contributed by atoms with van der Waals surface area (Å²) in [5, 5.41) is 3.78. The lowest BCUT2D eigenvalue weighted by Crippen LogP contribution is -2.16. The summed E-state index contributed by atoms with van der Waals surface area (Å²) in [6.07, 6.45) is 3.12. The minimum Gasteiger partial charge on any atom is -0.376 e. The summed E-state index contributed by atoms with van der Waals surface area (Å²) in [5.74, 6) is -0.280. The molecule has 1 aromatic heterocycles. The van der Waals surface area contributed by atoms with E-state index in [4.69, 9.17) is 23.2 Å². The fourth-order valence-corrected chi connectivity index (χ4v) is 4.02. The number of rotatable bonds is 2. The van der Waals surface area contributed by atoms with Gasteiger partial charge in [0, 0.05) is 9.90 Å². The predicted molar refractivity (Wildman–Crippen MR) is 80.0 cm³/mol. The van der Waals surface area contributed by atoms with E-state index in [0.29, 0.717) is 10.7 Å². The zero-order valence-electron chi connectivity index (χ0n) is 10.1. The van der Waals surface area contributed by atoms with Gasteiger partial charge in [-0.1, -0.05) is 23.2 Å². The topological polar surface area (TPSA) is 12.0 Å². The quantitative estimate of drug-likeness (QED) is 0.751. The van der Waals surface area contributed by atoms with Crippen LogP contribution in [0.2, 0.25) is 9.36 Å². The first-order valence-electron chi connectivity index (χ1n) is 6.13. The second kappa shape index (κ2) is 5.31. The maximum absolute atomic E-state index is 13.8. The average molecular weight is 316 g/mol. The van der Waals surface area contributed by atoms with E-state index in [1.54, 1.807) is 23.5 Å². The lowest BCUT2D eigenvalue weighted by molar-refractivity contribution is 0.592. The molecule has 1 N–H and O–H groups in total. The van der Waals surface area contributed by atoms with Crippen LogP contribution in [0.4, 0.5) is 10.1 Å². The van der Waals surface area contributed by atoms with Crippen LogP contribution >= 0.6 is 34.5 Å². The smallest absolute Gasteiger partial charge is 0.146 e. The Bertz CT molecular complexity index is 611. The summed E-state index contributed by atoms with van der Waals surface area (Å²) in [5.41, 5.74) is 1.65. The monoisotopic (exact) mass is 315 g/mol. The van der Waals surface area contributed by atoms with Crippen LogP contribution in [0.1, 0.15) is 29.3 Å². The molecular formula is C14H12Cl2FNS. The van der Waals surface area contributed by atoms with Crippen LogP contribution in [0.15, 0.2) is 24.3 Å². The molecule has 0 spiro atoms. The second-order valence-corrected chi connectivity index (χ2v) is 6.85. The number of aryl methyl sites for hydroxylation is 1. The fourth-order valence-electron chi connectivity index (χ4n) is 2.47. The van der Waals surface area contributed by atoms with Crippen molar-refractivity contribution in [1.82, 2.24) is 0 Å². The van der Waals surface area contributed by atoms with Crippen LogP contribution in [-0.4, -0.2) is 0 Å². The Morgan fingerprint density at radius 3 is 2.95 bits per heavy atom. The number of benzene rings is 1. The third-order valence-electron chi connectivity index (χ3n) is 3.34. The number of nitrogens with one attached hydrogen (secondary N) is 1. The van der Waals surface area contributed by atoms with E-state index in [0.717, 1.165) is 23.6 Å². The molecule has 1 aliphatic rings. The average Bonchev–Trinajstić information content (AvgIpc) is 2.75. The maximum Gasteiger partial charge on any atom is 0.146 e. The Morgan fingerprint density at radius 1 is 1.26 bits per heavy atom. The van der Waals surface area contributed by atoms with Gasteiger partial charge in [-0.15, -0.1) is 11.3 Å². The number of thiophene rings is 1. The lowest BCUT2D eigenvalue weighted by Gasteiger charge is -2.24. The van der Waals surface area contributed by atoms with Gasteiger partial charge >= 0.3 is 0 Å². The van der Waals surface area contributed by atoms with Crippen molar-refractivity contribution in [2.24, 2.45) is 0 Å². The SMILES string of the molecule is Fc1ccc(Cl)cc1NC1CCCc2sc(Cl)cc21. The van der Waals surface area contributed by atoms with Gasteiger partial charge in [0.25, 0.3) is 0 Å². The molecule has 0 aliphatic heterocycles. The molecule has 2 aromatic rings. The molecule has 19 heavy (non-hydrogen) atoms. The minimum absolute atomic E-state index is 0.112. The van der Waals surface area contributed by atoms with Gasteiger partial charge in [0.05, 0.1) is 16.1 Å². The van der Waals surface area contributed by atoms with Crippen LogP contribution in [0.5, 0.6) is 0 Å². The molecule has 1 nitrogen and oxygen atoms in total. The van der Waals surface area contributed by atoms with Crippen molar-refractivity contribution in [2.75, 3.05) is 5.32 Å². The van der Waals surface area contributed by atoms with Crippen LogP contribution in [0.25, 0.3) is 0 Å². The highest BCUT2D eigenvalue weighted by atomic mass is 35.5. The largest absolute Gasteiger partial charge is 0.376 e. The molecular weight excluding hydrogens is 304 g/mol. The molecule has 0 bridgehead atoms. The molecule has 1 unspecified atom stereocenters. The molecule has 1 aromatic carbocycles. The molecule has 1 heterocycles. The van der Waals surface area contributed by atoms with Gasteiger partial charge in [-0.3, -0.25) is 0 Å². The summed E-state index contributed by atoms with van der Waals surface area (Å²) in [6.45, 7) is 0. The fraction of sp³-hybridized carbons (Fsp3) is 0.286. The number of halogens is 3. The van der Waals surface area contributed by atoms with Crippen molar-refractivity contribution in [2.45, 2.75) is 25.3 Å². The molecule has 1 atom stereocenters. The van der Waals surface area contributed by atoms with Crippen LogP contribution < -0.4 is 5.32 Å². The normalized spacial score (nSPS) is 18.2. The summed E-state index contributed by atoms with van der Waals surface area (Å²) in [6, 6.07) is 6.66. The van der Waals surface area contributed by atoms with Crippen LogP contribution in [-0.2, 0) is 6.42 Å². The van der Waals surface area contributed by atoms with Crippen LogP contribution in [0.3, 0.4) is 0 Å². The summed E-state index contributed by atoms with van der Waals surface area (Å²) in [4.78, 5) is 1.30. The van der Waals surface area contributed by atoms with Crippen molar-refractivity contribution in [1.29, 1.82) is 0 Å². The van der Waals surface area contributed by atoms with Crippen LogP contribution in [0, 0.1) is 5.82 Å². The number of hydrogen-bond donors (Lipinski definition) is 1. The molecule has 0 saturated carbocycles. The standard InChI is InChI=1S/C14H12Cl2FNS/c15-8-4-5-10(17)12(6-8)18-11-2-1-3-13-9(11)7-14(16)19-13/h4-7,11,18H,1-3H2. The van der Waals surface area contributed by atoms with E-state index in [1.165, 1.54) is 16.5 Å². The Hall–Kier alpha value is -0.770. The van der Waals surface area contributed by atoms with E-state index in [2.05, 4.69) is 5.32 Å². The molecule has 1 aliphatic carbocycles. The molecule has 0 saturated heterocycles. The zero-order chi connectivity index (χ0) is 13.4. The third-order valence-corrected chi connectivity index (χ3v) is 4.92. The highest BCUT2D eigenvalue weighted by Crippen LogP contribution is 2.39. The first kappa shape index (κ1) is 13.2. The van der Waals surface area contributed by atoms with E-state index >= 15 is 0 Å². The highest BCUT2D eigenvalue weighted by Gasteiger charge is 2.23. The van der Waals surface area contributed by atoms with E-state index in [9.17, 15) is 4.39 Å². The van der Waals surface area contributed by atoms with Gasteiger partial charge in [0.15, 0.2) is 0 Å². The van der Waals surface area contributed by atoms with Gasteiger partial charge in [-0.2, -0.15) is 0 Å². The Kier molecular flexibility index (Phi) is 3.70. The second-order valence-electron chi connectivity index (χ2n) is 4.64. The minimum atomic E-state index is -0.280. The van der Waals surface area contributed by atoms with Crippen molar-refractivity contribution < 1.29 is 4.39 Å². The predicted octanol–water partition coefficient (Wildman–Crippen LogP) is 5.68. The molecule has 0 radical (unpaired) electrons. The van der Waals surface area contributed by atoms with Gasteiger partial charge in [0.2, 0.25) is 0 Å². The Morgan fingerprint density at radius 2 is 2.11 bits per heavy atom. The van der Waals surface area contributed by atoms with Crippen molar-refractivity contribution in [3.05, 3.63) is 49.9 Å². The van der Waals surface area contributed by atoms with Gasteiger partial charge in [0.1, 0.15) is 5.82 Å². The van der Waals surface area contributed by atoms with Gasteiger partial charge in [-0.25, -0.2) is 4.39 Å².